The smallest absolute Gasteiger partial charge is 0.358 e. The number of oxime groups is 1. The topological polar surface area (TPSA) is 73.1 Å². The van der Waals surface area contributed by atoms with E-state index in [2.05, 4.69) is 5.16 Å². The number of hydrogen-bond donors (Lipinski definition) is 2. The maximum atomic E-state index is 10.6. The first kappa shape index (κ1) is 11.0. The molecule has 15 heavy (non-hydrogen) atoms. The van der Waals surface area contributed by atoms with Crippen molar-refractivity contribution in [2.45, 2.75) is 0 Å². The van der Waals surface area contributed by atoms with E-state index in [9.17, 15) is 4.79 Å². The summed E-state index contributed by atoms with van der Waals surface area (Å²) in [5.41, 5.74) is 0.956. The minimum Gasteiger partial charge on any atom is -0.476 e. The van der Waals surface area contributed by atoms with Gasteiger partial charge in [0.1, 0.15) is 0 Å². The zero-order valence-corrected chi connectivity index (χ0v) is 8.51. The molecule has 0 amide bonds. The van der Waals surface area contributed by atoms with Gasteiger partial charge >= 0.3 is 5.97 Å². The molecule has 0 fully saturated rings. The van der Waals surface area contributed by atoms with Crippen LogP contribution in [0.25, 0.3) is 0 Å². The van der Waals surface area contributed by atoms with E-state index in [1.807, 2.05) is 19.0 Å². The van der Waals surface area contributed by atoms with Gasteiger partial charge in [0.25, 0.3) is 0 Å². The molecule has 2 N–H and O–H groups in total. The zero-order chi connectivity index (χ0) is 11.4. The Hall–Kier alpha value is -2.04. The van der Waals surface area contributed by atoms with Crippen molar-refractivity contribution in [3.8, 4) is 0 Å². The molecule has 1 aromatic rings. The Morgan fingerprint density at radius 2 is 1.80 bits per heavy atom. The number of benzene rings is 1. The van der Waals surface area contributed by atoms with Gasteiger partial charge in [0.15, 0.2) is 5.71 Å². The number of nitrogens with zero attached hydrogens (tertiary/aromatic N) is 2. The van der Waals surface area contributed by atoms with Crippen molar-refractivity contribution in [2.75, 3.05) is 19.0 Å². The van der Waals surface area contributed by atoms with E-state index in [-0.39, 0.29) is 5.71 Å². The number of aliphatic carboxylic acids is 1. The van der Waals surface area contributed by atoms with Crippen LogP contribution in [0.15, 0.2) is 29.4 Å². The van der Waals surface area contributed by atoms with Crippen LogP contribution in [0.4, 0.5) is 5.69 Å². The van der Waals surface area contributed by atoms with Crippen LogP contribution in [0.5, 0.6) is 0 Å². The van der Waals surface area contributed by atoms with Gasteiger partial charge in [-0.3, -0.25) is 0 Å². The van der Waals surface area contributed by atoms with Crippen molar-refractivity contribution < 1.29 is 15.1 Å². The molecule has 0 heterocycles. The Labute approximate surface area is 87.3 Å². The molecule has 0 aliphatic heterocycles. The molecule has 80 valence electrons. The molecule has 0 aromatic heterocycles. The Bertz CT molecular complexity index is 382. The predicted molar refractivity (Wildman–Crippen MR) is 56.7 cm³/mol. The highest BCUT2D eigenvalue weighted by molar-refractivity contribution is 6.42. The van der Waals surface area contributed by atoms with Gasteiger partial charge in [0.2, 0.25) is 0 Å². The first-order valence-electron chi connectivity index (χ1n) is 4.29. The molecule has 0 atom stereocenters. The van der Waals surface area contributed by atoms with E-state index >= 15 is 0 Å². The predicted octanol–water partition coefficient (Wildman–Crippen LogP) is 1.02. The largest absolute Gasteiger partial charge is 0.476 e. The molecule has 5 heteroatoms. The molecular formula is C10H12N2O3. The number of carbonyl (C=O) groups is 1. The van der Waals surface area contributed by atoms with Crippen LogP contribution >= 0.6 is 0 Å². The SMILES string of the molecule is CN(C)c1ccc(/C(=N\O)C(=O)O)cc1. The van der Waals surface area contributed by atoms with Crippen LogP contribution < -0.4 is 4.90 Å². The third-order valence-electron chi connectivity index (χ3n) is 1.96. The van der Waals surface area contributed by atoms with E-state index < -0.39 is 5.97 Å². The van der Waals surface area contributed by atoms with Crippen molar-refractivity contribution >= 4 is 17.4 Å². The fourth-order valence-electron chi connectivity index (χ4n) is 1.14. The summed E-state index contributed by atoms with van der Waals surface area (Å²) in [5, 5.41) is 20.0. The van der Waals surface area contributed by atoms with Crippen LogP contribution in [0, 0.1) is 0 Å². The molecule has 5 nitrogen and oxygen atoms in total. The summed E-state index contributed by atoms with van der Waals surface area (Å²) in [7, 11) is 3.76. The van der Waals surface area contributed by atoms with E-state index in [1.54, 1.807) is 24.3 Å². The summed E-state index contributed by atoms with van der Waals surface area (Å²) in [6.45, 7) is 0. The third kappa shape index (κ3) is 2.46. The first-order chi connectivity index (χ1) is 7.06. The molecule has 0 bridgehead atoms. The summed E-state index contributed by atoms with van der Waals surface area (Å²) in [6.07, 6.45) is 0. The average Bonchev–Trinajstić information content (AvgIpc) is 2.19. The van der Waals surface area contributed by atoms with E-state index in [4.69, 9.17) is 10.3 Å². The first-order valence-corrected chi connectivity index (χ1v) is 4.29. The molecule has 1 aromatic carbocycles. The van der Waals surface area contributed by atoms with Crippen LogP contribution in [0.3, 0.4) is 0 Å². The maximum absolute atomic E-state index is 10.6. The minimum atomic E-state index is -1.25. The number of hydrogen-bond acceptors (Lipinski definition) is 4. The van der Waals surface area contributed by atoms with E-state index in [1.165, 1.54) is 0 Å². The molecule has 0 aliphatic rings. The second kappa shape index (κ2) is 4.45. The lowest BCUT2D eigenvalue weighted by atomic mass is 10.1. The van der Waals surface area contributed by atoms with Crippen molar-refractivity contribution in [1.29, 1.82) is 0 Å². The number of rotatable bonds is 3. The highest BCUT2D eigenvalue weighted by Gasteiger charge is 2.12. The normalized spacial score (nSPS) is 11.2. The minimum absolute atomic E-state index is 0.361. The van der Waals surface area contributed by atoms with Gasteiger partial charge in [-0.2, -0.15) is 0 Å². The zero-order valence-electron chi connectivity index (χ0n) is 8.51. The van der Waals surface area contributed by atoms with E-state index in [0.29, 0.717) is 5.56 Å². The fraction of sp³-hybridized carbons (Fsp3) is 0.200. The molecule has 0 radical (unpaired) electrons. The number of carboxylic acid groups (broad SMARTS) is 1. The Kier molecular flexibility index (Phi) is 3.28. The number of carboxylic acids is 1. The van der Waals surface area contributed by atoms with Crippen molar-refractivity contribution in [3.63, 3.8) is 0 Å². The van der Waals surface area contributed by atoms with Crippen LogP contribution in [0.1, 0.15) is 5.56 Å². The quantitative estimate of drug-likeness (QED) is 0.442. The Morgan fingerprint density at radius 1 is 1.27 bits per heavy atom. The summed E-state index contributed by atoms with van der Waals surface area (Å²) in [5.74, 6) is -1.25. The summed E-state index contributed by atoms with van der Waals surface area (Å²) < 4.78 is 0. The second-order valence-electron chi connectivity index (χ2n) is 3.20. The monoisotopic (exact) mass is 208 g/mol. The fourth-order valence-corrected chi connectivity index (χ4v) is 1.14. The highest BCUT2D eigenvalue weighted by Crippen LogP contribution is 2.12. The van der Waals surface area contributed by atoms with E-state index in [0.717, 1.165) is 5.69 Å². The molecule has 0 saturated heterocycles. The molecule has 1 rings (SSSR count). The van der Waals surface area contributed by atoms with Gasteiger partial charge < -0.3 is 15.2 Å². The Morgan fingerprint density at radius 3 is 2.13 bits per heavy atom. The molecule has 0 saturated carbocycles. The lowest BCUT2D eigenvalue weighted by molar-refractivity contribution is -0.129. The van der Waals surface area contributed by atoms with Crippen LogP contribution in [0.2, 0.25) is 0 Å². The summed E-state index contributed by atoms with van der Waals surface area (Å²) in [6, 6.07) is 6.70. The van der Waals surface area contributed by atoms with Gasteiger partial charge in [-0.1, -0.05) is 17.3 Å². The van der Waals surface area contributed by atoms with Gasteiger partial charge in [-0.25, -0.2) is 4.79 Å². The number of anilines is 1. The van der Waals surface area contributed by atoms with Crippen molar-refractivity contribution in [3.05, 3.63) is 29.8 Å². The molecule has 0 aliphatic carbocycles. The molecule has 0 unspecified atom stereocenters. The molecule has 0 spiro atoms. The standard InChI is InChI=1S/C10H12N2O3/c1-12(2)8-5-3-7(4-6-8)9(11-15)10(13)14/h3-6,15H,1-2H3,(H,13,14)/b11-9+. The van der Waals surface area contributed by atoms with Crippen LogP contribution in [-0.2, 0) is 4.79 Å². The lowest BCUT2D eigenvalue weighted by Crippen LogP contribution is -2.15. The lowest BCUT2D eigenvalue weighted by Gasteiger charge is -2.12. The molecular weight excluding hydrogens is 196 g/mol. The van der Waals surface area contributed by atoms with Gasteiger partial charge in [-0.05, 0) is 12.1 Å². The van der Waals surface area contributed by atoms with Gasteiger partial charge in [0.05, 0.1) is 0 Å². The van der Waals surface area contributed by atoms with Crippen molar-refractivity contribution in [2.24, 2.45) is 5.16 Å². The van der Waals surface area contributed by atoms with Gasteiger partial charge in [0, 0.05) is 25.3 Å². The van der Waals surface area contributed by atoms with Crippen LogP contribution in [-0.4, -0.2) is 36.1 Å². The maximum Gasteiger partial charge on any atom is 0.358 e. The highest BCUT2D eigenvalue weighted by atomic mass is 16.4. The Balaban J connectivity index is 3.03. The summed E-state index contributed by atoms with van der Waals surface area (Å²) in [4.78, 5) is 12.5. The summed E-state index contributed by atoms with van der Waals surface area (Å²) >= 11 is 0. The van der Waals surface area contributed by atoms with Gasteiger partial charge in [-0.15, -0.1) is 0 Å². The third-order valence-corrected chi connectivity index (χ3v) is 1.96. The average molecular weight is 208 g/mol. The second-order valence-corrected chi connectivity index (χ2v) is 3.20. The van der Waals surface area contributed by atoms with Crippen molar-refractivity contribution in [1.82, 2.24) is 0 Å².